The average molecular weight is 385 g/mol. The Kier molecular flexibility index (Phi) is 5.76. The molecule has 7 heteroatoms. The number of fused-ring (bicyclic) bond motifs is 1. The highest BCUT2D eigenvalue weighted by Crippen LogP contribution is 2.20. The third-order valence-corrected chi connectivity index (χ3v) is 4.41. The second-order valence-electron chi connectivity index (χ2n) is 6.31. The smallest absolute Gasteiger partial charge is 0.274 e. The summed E-state index contributed by atoms with van der Waals surface area (Å²) in [7, 11) is 0. The minimum absolute atomic E-state index is 0.176. The zero-order valence-electron chi connectivity index (χ0n) is 15.2. The van der Waals surface area contributed by atoms with Crippen molar-refractivity contribution in [3.05, 3.63) is 69.6 Å². The molecule has 1 heterocycles. The quantitative estimate of drug-likeness (QED) is 0.683. The molecule has 3 rings (SSSR count). The van der Waals surface area contributed by atoms with E-state index in [1.54, 1.807) is 30.5 Å². The predicted molar refractivity (Wildman–Crippen MR) is 109 cm³/mol. The van der Waals surface area contributed by atoms with Gasteiger partial charge < -0.3 is 10.6 Å². The number of nitrogens with one attached hydrogen (secondary N) is 2. The van der Waals surface area contributed by atoms with Gasteiger partial charge in [0.1, 0.15) is 0 Å². The van der Waals surface area contributed by atoms with Crippen molar-refractivity contribution in [1.82, 2.24) is 15.1 Å². The molecular formula is C20H21ClN4O2. The van der Waals surface area contributed by atoms with E-state index in [0.717, 1.165) is 5.39 Å². The second-order valence-corrected chi connectivity index (χ2v) is 6.75. The monoisotopic (exact) mass is 384 g/mol. The van der Waals surface area contributed by atoms with Crippen LogP contribution in [0, 0.1) is 0 Å². The molecule has 0 unspecified atom stereocenters. The number of aromatic nitrogens is 2. The SMILES string of the molecule is CCNc1ccc(Cl)cc1C(=O)N[C@@H](C)Cn1ncc2ccccc2c1=O. The molecule has 0 saturated heterocycles. The molecule has 27 heavy (non-hydrogen) atoms. The van der Waals surface area contributed by atoms with Crippen molar-refractivity contribution in [3.8, 4) is 0 Å². The first kappa shape index (κ1) is 18.9. The molecule has 3 aromatic rings. The van der Waals surface area contributed by atoms with Crippen molar-refractivity contribution in [2.75, 3.05) is 11.9 Å². The van der Waals surface area contributed by atoms with Crippen molar-refractivity contribution in [2.24, 2.45) is 0 Å². The van der Waals surface area contributed by atoms with E-state index in [-0.39, 0.29) is 24.1 Å². The topological polar surface area (TPSA) is 76.0 Å². The van der Waals surface area contributed by atoms with Gasteiger partial charge in [0, 0.05) is 28.7 Å². The highest BCUT2D eigenvalue weighted by molar-refractivity contribution is 6.31. The molecule has 0 radical (unpaired) electrons. The number of hydrogen-bond donors (Lipinski definition) is 2. The third kappa shape index (κ3) is 4.28. The highest BCUT2D eigenvalue weighted by atomic mass is 35.5. The van der Waals surface area contributed by atoms with E-state index < -0.39 is 0 Å². The Balaban J connectivity index is 1.77. The maximum atomic E-state index is 12.7. The summed E-state index contributed by atoms with van der Waals surface area (Å²) in [6.45, 7) is 4.75. The standard InChI is InChI=1S/C20H21ClN4O2/c1-3-22-18-9-8-15(21)10-17(18)19(26)24-13(2)12-25-20(27)16-7-5-4-6-14(16)11-23-25/h4-11,13,22H,3,12H2,1-2H3,(H,24,26)/t13-/m0/s1. The minimum Gasteiger partial charge on any atom is -0.385 e. The average Bonchev–Trinajstić information content (AvgIpc) is 2.65. The van der Waals surface area contributed by atoms with Crippen molar-refractivity contribution in [1.29, 1.82) is 0 Å². The lowest BCUT2D eigenvalue weighted by Crippen LogP contribution is -2.39. The fourth-order valence-electron chi connectivity index (χ4n) is 2.91. The predicted octanol–water partition coefficient (Wildman–Crippen LogP) is 3.30. The molecule has 2 aromatic carbocycles. The van der Waals surface area contributed by atoms with Crippen molar-refractivity contribution in [2.45, 2.75) is 26.4 Å². The Bertz CT molecular complexity index is 1030. The largest absolute Gasteiger partial charge is 0.385 e. The normalized spacial score (nSPS) is 12.0. The van der Waals surface area contributed by atoms with Gasteiger partial charge in [-0.25, -0.2) is 4.68 Å². The van der Waals surface area contributed by atoms with Crippen LogP contribution in [0.5, 0.6) is 0 Å². The van der Waals surface area contributed by atoms with E-state index >= 15 is 0 Å². The van der Waals surface area contributed by atoms with Crippen LogP contribution in [0.4, 0.5) is 5.69 Å². The van der Waals surface area contributed by atoms with Crippen LogP contribution < -0.4 is 16.2 Å². The van der Waals surface area contributed by atoms with Crippen LogP contribution in [0.3, 0.4) is 0 Å². The van der Waals surface area contributed by atoms with E-state index in [4.69, 9.17) is 11.6 Å². The van der Waals surface area contributed by atoms with Gasteiger partial charge in [0.2, 0.25) is 0 Å². The van der Waals surface area contributed by atoms with Gasteiger partial charge in [-0.1, -0.05) is 29.8 Å². The molecule has 1 aromatic heterocycles. The summed E-state index contributed by atoms with van der Waals surface area (Å²) >= 11 is 6.04. The zero-order chi connectivity index (χ0) is 19.4. The molecule has 6 nitrogen and oxygen atoms in total. The van der Waals surface area contributed by atoms with Crippen molar-refractivity contribution >= 4 is 34.0 Å². The second kappa shape index (κ2) is 8.22. The number of carbonyl (C=O) groups is 1. The Labute approximate surface area is 162 Å². The molecule has 0 aliphatic rings. The fourth-order valence-corrected chi connectivity index (χ4v) is 3.09. The van der Waals surface area contributed by atoms with E-state index in [0.29, 0.717) is 28.2 Å². The van der Waals surface area contributed by atoms with Gasteiger partial charge in [0.15, 0.2) is 0 Å². The van der Waals surface area contributed by atoms with E-state index in [9.17, 15) is 9.59 Å². The summed E-state index contributed by atoms with van der Waals surface area (Å²) in [4.78, 5) is 25.2. The Morgan fingerprint density at radius 1 is 1.26 bits per heavy atom. The van der Waals surface area contributed by atoms with Crippen LogP contribution in [-0.2, 0) is 6.54 Å². The summed E-state index contributed by atoms with van der Waals surface area (Å²) in [5.74, 6) is -0.255. The minimum atomic E-state index is -0.294. The van der Waals surface area contributed by atoms with Gasteiger partial charge in [-0.3, -0.25) is 9.59 Å². The van der Waals surface area contributed by atoms with Gasteiger partial charge >= 0.3 is 0 Å². The Hall–Kier alpha value is -2.86. The summed E-state index contributed by atoms with van der Waals surface area (Å²) < 4.78 is 1.37. The molecule has 0 aliphatic carbocycles. The first-order valence-electron chi connectivity index (χ1n) is 8.78. The maximum Gasteiger partial charge on any atom is 0.274 e. The number of amides is 1. The number of benzene rings is 2. The molecule has 0 aliphatic heterocycles. The van der Waals surface area contributed by atoms with E-state index in [1.807, 2.05) is 32.0 Å². The number of rotatable bonds is 6. The number of hydrogen-bond acceptors (Lipinski definition) is 4. The molecule has 1 amide bonds. The first-order chi connectivity index (χ1) is 13.0. The third-order valence-electron chi connectivity index (χ3n) is 4.18. The van der Waals surface area contributed by atoms with Gasteiger partial charge in [0.25, 0.3) is 11.5 Å². The lowest BCUT2D eigenvalue weighted by molar-refractivity contribution is 0.0936. The van der Waals surface area contributed by atoms with Crippen molar-refractivity contribution in [3.63, 3.8) is 0 Å². The van der Waals surface area contributed by atoms with Crippen LogP contribution >= 0.6 is 11.6 Å². The van der Waals surface area contributed by atoms with Gasteiger partial charge in [-0.2, -0.15) is 5.10 Å². The molecule has 0 spiro atoms. The Morgan fingerprint density at radius 3 is 2.81 bits per heavy atom. The van der Waals surface area contributed by atoms with Crippen LogP contribution in [0.2, 0.25) is 5.02 Å². The van der Waals surface area contributed by atoms with Crippen LogP contribution in [0.15, 0.2) is 53.5 Å². The zero-order valence-corrected chi connectivity index (χ0v) is 16.0. The number of carbonyl (C=O) groups excluding carboxylic acids is 1. The molecule has 1 atom stereocenters. The summed E-state index contributed by atoms with van der Waals surface area (Å²) in [6, 6.07) is 12.2. The lowest BCUT2D eigenvalue weighted by Gasteiger charge is -2.17. The highest BCUT2D eigenvalue weighted by Gasteiger charge is 2.16. The van der Waals surface area contributed by atoms with Gasteiger partial charge in [-0.05, 0) is 38.1 Å². The van der Waals surface area contributed by atoms with Crippen LogP contribution in [-0.4, -0.2) is 28.3 Å². The lowest BCUT2D eigenvalue weighted by atomic mass is 10.1. The number of halogens is 1. The van der Waals surface area contributed by atoms with Gasteiger partial charge in [-0.15, -0.1) is 0 Å². The van der Waals surface area contributed by atoms with Crippen LogP contribution in [0.1, 0.15) is 24.2 Å². The summed E-state index contributed by atoms with van der Waals surface area (Å²) in [5, 5.41) is 12.2. The van der Waals surface area contributed by atoms with E-state index in [1.165, 1.54) is 4.68 Å². The molecule has 0 bridgehead atoms. The van der Waals surface area contributed by atoms with E-state index in [2.05, 4.69) is 15.7 Å². The molecule has 2 N–H and O–H groups in total. The Morgan fingerprint density at radius 2 is 2.04 bits per heavy atom. The number of nitrogens with zero attached hydrogens (tertiary/aromatic N) is 2. The van der Waals surface area contributed by atoms with Gasteiger partial charge in [0.05, 0.1) is 23.7 Å². The first-order valence-corrected chi connectivity index (χ1v) is 9.16. The maximum absolute atomic E-state index is 12.7. The fraction of sp³-hybridized carbons (Fsp3) is 0.250. The summed E-state index contributed by atoms with van der Waals surface area (Å²) in [5.41, 5.74) is 1.01. The molecule has 0 fully saturated rings. The summed E-state index contributed by atoms with van der Waals surface area (Å²) in [6.07, 6.45) is 1.66. The number of anilines is 1. The van der Waals surface area contributed by atoms with Crippen LogP contribution in [0.25, 0.3) is 10.8 Å². The molecule has 0 saturated carbocycles. The molecule has 140 valence electrons. The molecular weight excluding hydrogens is 364 g/mol. The van der Waals surface area contributed by atoms with Crippen molar-refractivity contribution < 1.29 is 4.79 Å².